The van der Waals surface area contributed by atoms with Crippen molar-refractivity contribution in [2.45, 2.75) is 24.9 Å². The molecule has 1 aromatic rings. The van der Waals surface area contributed by atoms with Crippen LogP contribution in [0.3, 0.4) is 0 Å². The van der Waals surface area contributed by atoms with Crippen LogP contribution in [-0.2, 0) is 26.0 Å². The van der Waals surface area contributed by atoms with E-state index in [1.165, 1.54) is 12.1 Å². The molecule has 3 atom stereocenters. The monoisotopic (exact) mass is 502 g/mol. The summed E-state index contributed by atoms with van der Waals surface area (Å²) in [6, 6.07) is 2.70. The third-order valence-corrected chi connectivity index (χ3v) is 7.26. The molecule has 0 aliphatic heterocycles. The Balaban J connectivity index is 1.80. The van der Waals surface area contributed by atoms with Crippen LogP contribution in [0.4, 0.5) is 0 Å². The number of phenols is 1. The van der Waals surface area contributed by atoms with Gasteiger partial charge in [0.2, 0.25) is 15.8 Å². The summed E-state index contributed by atoms with van der Waals surface area (Å²) in [4.78, 5) is 38.0. The third-order valence-electron chi connectivity index (χ3n) is 6.59. The lowest BCUT2D eigenvalue weighted by Crippen LogP contribution is -2.57. The summed E-state index contributed by atoms with van der Waals surface area (Å²) >= 11 is 0. The van der Waals surface area contributed by atoms with Crippen molar-refractivity contribution in [3.8, 4) is 17.6 Å². The Morgan fingerprint density at radius 3 is 2.54 bits per heavy atom. The number of aliphatic hydroxyl groups excluding tert-OH is 2. The molecule has 35 heavy (non-hydrogen) atoms. The van der Waals surface area contributed by atoms with Gasteiger partial charge in [-0.05, 0) is 36.5 Å². The number of amides is 1. The largest absolute Gasteiger partial charge is 0.511 e. The molecule has 0 radical (unpaired) electrons. The first-order chi connectivity index (χ1) is 16.3. The van der Waals surface area contributed by atoms with Crippen LogP contribution in [0.15, 0.2) is 34.8 Å². The number of benzene rings is 1. The minimum atomic E-state index is -3.45. The fourth-order valence-electron chi connectivity index (χ4n) is 5.04. The molecule has 3 aliphatic rings. The number of ketones is 2. The highest BCUT2D eigenvalue weighted by Gasteiger charge is 2.59. The van der Waals surface area contributed by atoms with E-state index in [4.69, 9.17) is 5.73 Å². The zero-order chi connectivity index (χ0) is 25.9. The Hall–Kier alpha value is -3.66. The lowest BCUT2D eigenvalue weighted by atomic mass is 9.60. The van der Waals surface area contributed by atoms with E-state index < -0.39 is 67.8 Å². The average molecular weight is 503 g/mol. The van der Waals surface area contributed by atoms with Crippen molar-refractivity contribution in [3.63, 3.8) is 0 Å². The summed E-state index contributed by atoms with van der Waals surface area (Å²) in [5.74, 6) is -1.62. The molecule has 11 nitrogen and oxygen atoms in total. The topological polar surface area (TPSA) is 204 Å². The van der Waals surface area contributed by atoms with Crippen molar-refractivity contribution in [3.05, 3.63) is 51.5 Å². The van der Waals surface area contributed by atoms with Gasteiger partial charge in [0.15, 0.2) is 11.4 Å². The van der Waals surface area contributed by atoms with Crippen molar-refractivity contribution >= 4 is 27.5 Å². The zero-order valence-electron chi connectivity index (χ0n) is 18.5. The molecular formula is C23H22N2O9S. The van der Waals surface area contributed by atoms with E-state index in [-0.39, 0.29) is 36.9 Å². The Morgan fingerprint density at radius 2 is 1.91 bits per heavy atom. The minimum absolute atomic E-state index is 0.00107. The van der Waals surface area contributed by atoms with Gasteiger partial charge in [0.1, 0.15) is 22.8 Å². The van der Waals surface area contributed by atoms with E-state index in [1.807, 2.05) is 0 Å². The number of aliphatic hydroxyl groups is 3. The number of allylic oxidation sites excluding steroid dienone is 2. The van der Waals surface area contributed by atoms with Gasteiger partial charge in [0.05, 0.1) is 18.4 Å². The second-order valence-electron chi connectivity index (χ2n) is 8.79. The van der Waals surface area contributed by atoms with Crippen molar-refractivity contribution in [1.29, 1.82) is 0 Å². The highest BCUT2D eigenvalue weighted by Crippen LogP contribution is 2.51. The number of Topliss-reactive ketones (excluding diaryl/α,β-unsaturated/α-hetero) is 2. The number of aromatic hydroxyl groups is 1. The lowest BCUT2D eigenvalue weighted by Gasteiger charge is -2.45. The van der Waals surface area contributed by atoms with Gasteiger partial charge in [0, 0.05) is 23.5 Å². The third kappa shape index (κ3) is 3.87. The number of carbonyl (C=O) groups excluding carboxylic acids is 3. The maximum Gasteiger partial charge on any atom is 0.255 e. The van der Waals surface area contributed by atoms with Crippen LogP contribution in [0.25, 0.3) is 0 Å². The first kappa shape index (κ1) is 24.5. The van der Waals surface area contributed by atoms with Crippen molar-refractivity contribution in [2.75, 3.05) is 12.8 Å². The van der Waals surface area contributed by atoms with Crippen LogP contribution in [0, 0.1) is 23.7 Å². The van der Waals surface area contributed by atoms with Gasteiger partial charge in [0.25, 0.3) is 5.91 Å². The fraction of sp³-hybridized carbons (Fsp3) is 0.348. The summed E-state index contributed by atoms with van der Waals surface area (Å²) in [7, 11) is -3.45. The standard InChI is InChI=1S/C23H22N2O9S/c1-35(33,34)25-6-2-3-10-4-5-14(26)17-13(10)8-11-7-12-9-15(27)18(22(24)31)21(30)23(12,32)20(29)16(11)19(17)28/h4-5,11-12,25-27,29,32H,6-9H2,1H3,(H2,24,31)/t11-,12+,23+/m1/s1. The van der Waals surface area contributed by atoms with E-state index in [0.717, 1.165) is 6.26 Å². The number of carbonyl (C=O) groups is 3. The molecule has 4 rings (SSSR count). The molecule has 12 heteroatoms. The van der Waals surface area contributed by atoms with E-state index in [9.17, 15) is 43.2 Å². The highest BCUT2D eigenvalue weighted by molar-refractivity contribution is 7.88. The first-order valence-corrected chi connectivity index (χ1v) is 12.4. The number of nitrogens with two attached hydrogens (primary N) is 1. The van der Waals surface area contributed by atoms with Crippen LogP contribution >= 0.6 is 0 Å². The normalized spacial score (nSPS) is 25.9. The maximum atomic E-state index is 13.4. The van der Waals surface area contributed by atoms with Gasteiger partial charge >= 0.3 is 0 Å². The van der Waals surface area contributed by atoms with E-state index in [1.54, 1.807) is 0 Å². The molecule has 3 aliphatic carbocycles. The molecule has 1 aromatic carbocycles. The quantitative estimate of drug-likeness (QED) is 0.232. The van der Waals surface area contributed by atoms with Crippen molar-refractivity contribution in [1.82, 2.24) is 4.72 Å². The number of fused-ring (bicyclic) bond motifs is 3. The molecule has 0 unspecified atom stereocenters. The zero-order valence-corrected chi connectivity index (χ0v) is 19.3. The Labute approximate surface area is 200 Å². The molecule has 7 N–H and O–H groups in total. The molecule has 0 saturated carbocycles. The van der Waals surface area contributed by atoms with Gasteiger partial charge < -0.3 is 26.2 Å². The molecule has 184 valence electrons. The molecule has 0 aromatic heterocycles. The predicted octanol–water partition coefficient (Wildman–Crippen LogP) is -0.519. The minimum Gasteiger partial charge on any atom is -0.511 e. The van der Waals surface area contributed by atoms with Crippen molar-refractivity contribution < 1.29 is 43.2 Å². The Kier molecular flexibility index (Phi) is 5.75. The average Bonchev–Trinajstić information content (AvgIpc) is 2.74. The molecule has 0 spiro atoms. The highest BCUT2D eigenvalue weighted by atomic mass is 32.2. The number of primary amides is 1. The van der Waals surface area contributed by atoms with Crippen LogP contribution in [0.2, 0.25) is 0 Å². The summed E-state index contributed by atoms with van der Waals surface area (Å²) in [5, 5.41) is 42.8. The van der Waals surface area contributed by atoms with E-state index in [2.05, 4.69) is 16.6 Å². The van der Waals surface area contributed by atoms with Gasteiger partial charge in [-0.25, -0.2) is 13.1 Å². The molecule has 1 amide bonds. The number of rotatable bonds is 3. The maximum absolute atomic E-state index is 13.4. The van der Waals surface area contributed by atoms with Crippen LogP contribution in [0.1, 0.15) is 34.3 Å². The number of sulfonamides is 1. The summed E-state index contributed by atoms with van der Waals surface area (Å²) in [5.41, 5.74) is 2.01. The summed E-state index contributed by atoms with van der Waals surface area (Å²) < 4.78 is 24.7. The van der Waals surface area contributed by atoms with Gasteiger partial charge in [-0.3, -0.25) is 14.4 Å². The summed E-state index contributed by atoms with van der Waals surface area (Å²) in [6.45, 7) is -0.178. The van der Waals surface area contributed by atoms with E-state index in [0.29, 0.717) is 11.1 Å². The molecule has 0 bridgehead atoms. The molecule has 0 saturated heterocycles. The first-order valence-electron chi connectivity index (χ1n) is 10.5. The number of hydrogen-bond acceptors (Lipinski definition) is 9. The smallest absolute Gasteiger partial charge is 0.255 e. The van der Waals surface area contributed by atoms with Gasteiger partial charge in [-0.1, -0.05) is 11.8 Å². The Morgan fingerprint density at radius 1 is 1.23 bits per heavy atom. The summed E-state index contributed by atoms with van der Waals surface area (Å²) in [6.07, 6.45) is 0.766. The fourth-order valence-corrected chi connectivity index (χ4v) is 5.38. The molecule has 0 heterocycles. The van der Waals surface area contributed by atoms with Crippen LogP contribution in [-0.4, -0.2) is 64.7 Å². The van der Waals surface area contributed by atoms with Crippen molar-refractivity contribution in [2.24, 2.45) is 17.6 Å². The number of nitrogens with one attached hydrogen (secondary N) is 1. The second kappa shape index (κ2) is 8.23. The molecular weight excluding hydrogens is 480 g/mol. The predicted molar refractivity (Wildman–Crippen MR) is 121 cm³/mol. The SMILES string of the molecule is CS(=O)(=O)NCC#Cc1ccc(O)c2c1C[C@H]1C[C@H]3CC(O)=C(C(N)=O)C(=O)[C@@]3(O)C(O)=C1C2=O. The Bertz CT molecular complexity index is 1430. The second-order valence-corrected chi connectivity index (χ2v) is 10.6. The molecule has 0 fully saturated rings. The van der Waals surface area contributed by atoms with Crippen LogP contribution < -0.4 is 10.5 Å². The van der Waals surface area contributed by atoms with E-state index >= 15 is 0 Å². The van der Waals surface area contributed by atoms with Gasteiger partial charge in [-0.15, -0.1) is 0 Å². The van der Waals surface area contributed by atoms with Crippen LogP contribution in [0.5, 0.6) is 5.75 Å². The number of phenolic OH excluding ortho intramolecular Hbond substituents is 1. The lowest BCUT2D eigenvalue weighted by molar-refractivity contribution is -0.144. The number of hydrogen-bond donors (Lipinski definition) is 6. The van der Waals surface area contributed by atoms with Gasteiger partial charge in [-0.2, -0.15) is 0 Å².